The number of alkyl halides is 3. The zero-order valence-corrected chi connectivity index (χ0v) is 16.2. The van der Waals surface area contributed by atoms with Crippen molar-refractivity contribution in [3.05, 3.63) is 71.9 Å². The molecule has 0 radical (unpaired) electrons. The predicted molar refractivity (Wildman–Crippen MR) is 105 cm³/mol. The van der Waals surface area contributed by atoms with Gasteiger partial charge >= 0.3 is 6.18 Å². The number of nitrogens with zero attached hydrogens (tertiary/aromatic N) is 4. The standard InChI is InChI=1S/C22H21F3N4O/c23-22(24,25)18-9-6-16(7-10-18)8-11-21(30)28-13-12-19(14-28)29-15-20(26-27-29)17-4-2-1-3-5-17/h1-7,9-10,15,19H,8,11-14H2/t19-/m1/s1. The summed E-state index contributed by atoms with van der Waals surface area (Å²) in [5.41, 5.74) is 1.83. The number of rotatable bonds is 5. The molecule has 0 aliphatic carbocycles. The first-order valence-corrected chi connectivity index (χ1v) is 9.81. The van der Waals surface area contributed by atoms with Gasteiger partial charge < -0.3 is 4.90 Å². The van der Waals surface area contributed by atoms with Crippen molar-refractivity contribution in [2.24, 2.45) is 0 Å². The topological polar surface area (TPSA) is 51.0 Å². The monoisotopic (exact) mass is 414 g/mol. The average molecular weight is 414 g/mol. The molecule has 1 aliphatic rings. The first kappa shape index (κ1) is 20.1. The van der Waals surface area contributed by atoms with Crippen LogP contribution in [0.25, 0.3) is 11.3 Å². The fourth-order valence-electron chi connectivity index (χ4n) is 3.65. The van der Waals surface area contributed by atoms with E-state index in [-0.39, 0.29) is 18.4 Å². The van der Waals surface area contributed by atoms with Crippen LogP contribution in [0.3, 0.4) is 0 Å². The molecule has 1 atom stereocenters. The van der Waals surface area contributed by atoms with E-state index in [9.17, 15) is 18.0 Å². The predicted octanol–water partition coefficient (Wildman–Crippen LogP) is 4.37. The summed E-state index contributed by atoms with van der Waals surface area (Å²) in [5, 5.41) is 8.46. The van der Waals surface area contributed by atoms with Gasteiger partial charge in [0.05, 0.1) is 17.8 Å². The van der Waals surface area contributed by atoms with Gasteiger partial charge in [0.1, 0.15) is 5.69 Å². The number of amides is 1. The number of likely N-dealkylation sites (tertiary alicyclic amines) is 1. The summed E-state index contributed by atoms with van der Waals surface area (Å²) in [4.78, 5) is 14.3. The molecule has 0 unspecified atom stereocenters. The Morgan fingerprint density at radius 3 is 2.50 bits per heavy atom. The Labute approximate surface area is 172 Å². The van der Waals surface area contributed by atoms with Crippen molar-refractivity contribution in [3.8, 4) is 11.3 Å². The molecule has 30 heavy (non-hydrogen) atoms. The summed E-state index contributed by atoms with van der Waals surface area (Å²) in [6.07, 6.45) is -0.967. The molecule has 2 heterocycles. The lowest BCUT2D eigenvalue weighted by molar-refractivity contribution is -0.137. The molecule has 4 rings (SSSR count). The first-order chi connectivity index (χ1) is 14.4. The van der Waals surface area contributed by atoms with Crippen LogP contribution in [0, 0.1) is 0 Å². The second kappa shape index (κ2) is 8.30. The van der Waals surface area contributed by atoms with Crippen molar-refractivity contribution in [3.63, 3.8) is 0 Å². The zero-order valence-electron chi connectivity index (χ0n) is 16.2. The number of hydrogen-bond acceptors (Lipinski definition) is 3. The van der Waals surface area contributed by atoms with Crippen LogP contribution in [0.2, 0.25) is 0 Å². The SMILES string of the molecule is O=C(CCc1ccc(C(F)(F)F)cc1)N1CC[C@@H](n2cc(-c3ccccc3)nn2)C1. The third-order valence-corrected chi connectivity index (χ3v) is 5.38. The quantitative estimate of drug-likeness (QED) is 0.623. The van der Waals surface area contributed by atoms with Crippen LogP contribution in [0.1, 0.15) is 30.0 Å². The van der Waals surface area contributed by atoms with Gasteiger partial charge in [-0.1, -0.05) is 47.7 Å². The molecule has 1 amide bonds. The normalized spacial score (nSPS) is 16.8. The van der Waals surface area contributed by atoms with Crippen LogP contribution >= 0.6 is 0 Å². The molecule has 1 aliphatic heterocycles. The van der Waals surface area contributed by atoms with Crippen molar-refractivity contribution in [1.29, 1.82) is 0 Å². The minimum atomic E-state index is -4.35. The molecule has 0 N–H and O–H groups in total. The number of benzene rings is 2. The lowest BCUT2D eigenvalue weighted by Gasteiger charge is -2.16. The Morgan fingerprint density at radius 1 is 1.07 bits per heavy atom. The number of aryl methyl sites for hydroxylation is 1. The highest BCUT2D eigenvalue weighted by Gasteiger charge is 2.30. The molecule has 156 valence electrons. The molecule has 2 aromatic carbocycles. The minimum absolute atomic E-state index is 0.000737. The van der Waals surface area contributed by atoms with Gasteiger partial charge in [-0.3, -0.25) is 4.79 Å². The van der Waals surface area contributed by atoms with E-state index in [4.69, 9.17) is 0 Å². The van der Waals surface area contributed by atoms with Crippen molar-refractivity contribution < 1.29 is 18.0 Å². The summed E-state index contributed by atoms with van der Waals surface area (Å²) >= 11 is 0. The Kier molecular flexibility index (Phi) is 5.57. The van der Waals surface area contributed by atoms with E-state index < -0.39 is 11.7 Å². The summed E-state index contributed by atoms with van der Waals surface area (Å²) in [6.45, 7) is 1.19. The first-order valence-electron chi connectivity index (χ1n) is 9.81. The second-order valence-corrected chi connectivity index (χ2v) is 7.43. The van der Waals surface area contributed by atoms with Crippen LogP contribution in [0.15, 0.2) is 60.8 Å². The number of carbonyl (C=O) groups excluding carboxylic acids is 1. The smallest absolute Gasteiger partial charge is 0.340 e. The van der Waals surface area contributed by atoms with Crippen LogP contribution in [-0.4, -0.2) is 38.9 Å². The van der Waals surface area contributed by atoms with Gasteiger partial charge in [0, 0.05) is 25.1 Å². The molecule has 0 saturated carbocycles. The van der Waals surface area contributed by atoms with E-state index in [1.807, 2.05) is 41.2 Å². The zero-order chi connectivity index (χ0) is 21.1. The molecule has 0 spiro atoms. The van der Waals surface area contributed by atoms with E-state index in [0.29, 0.717) is 19.5 Å². The van der Waals surface area contributed by atoms with Crippen LogP contribution in [-0.2, 0) is 17.4 Å². The molecule has 8 heteroatoms. The van der Waals surface area contributed by atoms with Gasteiger partial charge in [0.25, 0.3) is 0 Å². The molecule has 1 saturated heterocycles. The van der Waals surface area contributed by atoms with Gasteiger partial charge in [0.15, 0.2) is 0 Å². The van der Waals surface area contributed by atoms with Crippen LogP contribution in [0.4, 0.5) is 13.2 Å². The molecule has 5 nitrogen and oxygen atoms in total. The summed E-state index contributed by atoms with van der Waals surface area (Å²) in [7, 11) is 0. The lowest BCUT2D eigenvalue weighted by atomic mass is 10.1. The summed E-state index contributed by atoms with van der Waals surface area (Å²) in [6, 6.07) is 14.8. The van der Waals surface area contributed by atoms with E-state index in [0.717, 1.165) is 35.4 Å². The van der Waals surface area contributed by atoms with E-state index in [1.54, 1.807) is 4.90 Å². The van der Waals surface area contributed by atoms with Gasteiger partial charge in [-0.05, 0) is 30.5 Å². The Bertz CT molecular complexity index is 999. The lowest BCUT2D eigenvalue weighted by Crippen LogP contribution is -2.29. The molecule has 1 fully saturated rings. The van der Waals surface area contributed by atoms with E-state index in [2.05, 4.69) is 10.3 Å². The average Bonchev–Trinajstić information content (AvgIpc) is 3.42. The number of halogens is 3. The van der Waals surface area contributed by atoms with E-state index >= 15 is 0 Å². The molecular weight excluding hydrogens is 393 g/mol. The van der Waals surface area contributed by atoms with Gasteiger partial charge in [-0.25, -0.2) is 4.68 Å². The maximum absolute atomic E-state index is 12.6. The second-order valence-electron chi connectivity index (χ2n) is 7.43. The largest absolute Gasteiger partial charge is 0.416 e. The van der Waals surface area contributed by atoms with Crippen molar-refractivity contribution in [2.75, 3.05) is 13.1 Å². The van der Waals surface area contributed by atoms with Gasteiger partial charge in [0.2, 0.25) is 5.91 Å². The Balaban J connectivity index is 1.31. The molecule has 1 aromatic heterocycles. The minimum Gasteiger partial charge on any atom is -0.340 e. The maximum atomic E-state index is 12.6. The van der Waals surface area contributed by atoms with E-state index in [1.165, 1.54) is 12.1 Å². The molecule has 0 bridgehead atoms. The highest BCUT2D eigenvalue weighted by molar-refractivity contribution is 5.76. The van der Waals surface area contributed by atoms with Crippen molar-refractivity contribution in [1.82, 2.24) is 19.9 Å². The fraction of sp³-hybridized carbons (Fsp3) is 0.318. The number of aromatic nitrogens is 3. The highest BCUT2D eigenvalue weighted by atomic mass is 19.4. The van der Waals surface area contributed by atoms with Crippen molar-refractivity contribution >= 4 is 5.91 Å². The van der Waals surface area contributed by atoms with Gasteiger partial charge in [-0.15, -0.1) is 5.10 Å². The third-order valence-electron chi connectivity index (χ3n) is 5.38. The Morgan fingerprint density at radius 2 is 1.80 bits per heavy atom. The maximum Gasteiger partial charge on any atom is 0.416 e. The number of hydrogen-bond donors (Lipinski definition) is 0. The Hall–Kier alpha value is -3.16. The molecule has 3 aromatic rings. The third kappa shape index (κ3) is 4.53. The molecular formula is C22H21F3N4O. The fourth-order valence-corrected chi connectivity index (χ4v) is 3.65. The van der Waals surface area contributed by atoms with Gasteiger partial charge in [-0.2, -0.15) is 13.2 Å². The summed E-state index contributed by atoms with van der Waals surface area (Å²) < 4.78 is 39.7. The highest BCUT2D eigenvalue weighted by Crippen LogP contribution is 2.29. The number of carbonyl (C=O) groups is 1. The summed E-state index contributed by atoms with van der Waals surface area (Å²) in [5.74, 6) is 0.000737. The van der Waals surface area contributed by atoms with Crippen molar-refractivity contribution in [2.45, 2.75) is 31.5 Å². The van der Waals surface area contributed by atoms with Crippen LogP contribution in [0.5, 0.6) is 0 Å². The van der Waals surface area contributed by atoms with Crippen LogP contribution < -0.4 is 0 Å².